The van der Waals surface area contributed by atoms with Gasteiger partial charge in [-0.2, -0.15) is 13.2 Å². The molecule has 0 radical (unpaired) electrons. The maximum atomic E-state index is 14.0. The van der Waals surface area contributed by atoms with Gasteiger partial charge in [0.25, 0.3) is 0 Å². The normalized spacial score (nSPS) is 19.5. The molecule has 0 spiro atoms. The zero-order chi connectivity index (χ0) is 30.9. The molecule has 9 nitrogen and oxygen atoms in total. The van der Waals surface area contributed by atoms with E-state index in [2.05, 4.69) is 35.9 Å². The van der Waals surface area contributed by atoms with Gasteiger partial charge in [-0.3, -0.25) is 14.6 Å². The van der Waals surface area contributed by atoms with Crippen molar-refractivity contribution in [3.05, 3.63) is 76.5 Å². The van der Waals surface area contributed by atoms with Crippen LogP contribution in [0.15, 0.2) is 59.6 Å². The van der Waals surface area contributed by atoms with Crippen LogP contribution < -0.4 is 5.73 Å². The lowest BCUT2D eigenvalue weighted by Gasteiger charge is -2.27. The maximum Gasteiger partial charge on any atom is 0.433 e. The SMILES string of the molecule is Cc1cc(-c2ccc(C(F)(F)F)nc2)cc2c3c(N)ncnc3n(CC(=O)N3[C@@H]4C[C@@H]4C[C@H]3C(=O)Cc3cccc(Br)n3)c12. The minimum absolute atomic E-state index is 0.0274. The zero-order valence-electron chi connectivity index (χ0n) is 23.3. The summed E-state index contributed by atoms with van der Waals surface area (Å²) in [6, 6.07) is 10.9. The van der Waals surface area contributed by atoms with Crippen molar-refractivity contribution in [2.45, 2.75) is 51.0 Å². The summed E-state index contributed by atoms with van der Waals surface area (Å²) in [5.41, 5.74) is 9.04. The number of Topliss-reactive ketones (excluding diaryl/α,β-unsaturated/α-hetero) is 1. The number of benzene rings is 1. The molecule has 1 saturated heterocycles. The standard InChI is InChI=1S/C31H25BrF3N7O2/c1-15-7-17(16-5-6-24(37-12-16)31(33,34)35)8-20-27-29(36)38-14-39-30(27)41(28(15)20)13-26(44)42-21-9-18(21)10-22(42)23(43)11-19-3-2-4-25(32)40-19/h2-8,12,14,18,21-22H,9-11,13H2,1H3,(H2,36,38,39)/t18-,21-,22+/m1/s1. The first-order valence-electron chi connectivity index (χ1n) is 14.0. The molecule has 2 aliphatic rings. The summed E-state index contributed by atoms with van der Waals surface area (Å²) in [4.78, 5) is 45.8. The van der Waals surface area contributed by atoms with Gasteiger partial charge in [-0.1, -0.05) is 12.1 Å². The minimum Gasteiger partial charge on any atom is -0.383 e. The molecule has 1 amide bonds. The van der Waals surface area contributed by atoms with Gasteiger partial charge >= 0.3 is 6.18 Å². The Balaban J connectivity index is 1.25. The summed E-state index contributed by atoms with van der Waals surface area (Å²) in [6.07, 6.45) is -0.387. The molecule has 2 N–H and O–H groups in total. The first-order chi connectivity index (χ1) is 21.0. The second kappa shape index (κ2) is 10.4. The van der Waals surface area contributed by atoms with Crippen molar-refractivity contribution >= 4 is 55.4 Å². The van der Waals surface area contributed by atoms with Crippen LogP contribution in [-0.2, 0) is 28.7 Å². The molecule has 13 heteroatoms. The van der Waals surface area contributed by atoms with Gasteiger partial charge in [0.15, 0.2) is 5.78 Å². The van der Waals surface area contributed by atoms with E-state index in [4.69, 9.17) is 5.73 Å². The number of alkyl halides is 3. The van der Waals surface area contributed by atoms with Gasteiger partial charge in [-0.15, -0.1) is 0 Å². The molecule has 1 aliphatic carbocycles. The van der Waals surface area contributed by atoms with Gasteiger partial charge in [0.05, 0.1) is 23.4 Å². The largest absolute Gasteiger partial charge is 0.433 e. The molecule has 1 saturated carbocycles. The lowest BCUT2D eigenvalue weighted by Crippen LogP contribution is -2.45. The Morgan fingerprint density at radius 2 is 1.89 bits per heavy atom. The number of anilines is 1. The third-order valence-corrected chi connectivity index (χ3v) is 8.97. The number of hydrogen-bond acceptors (Lipinski definition) is 7. The number of fused-ring (bicyclic) bond motifs is 4. The van der Waals surface area contributed by atoms with Gasteiger partial charge in [0.1, 0.15) is 34.6 Å². The van der Waals surface area contributed by atoms with Gasteiger partial charge in [-0.05, 0) is 83.1 Å². The quantitative estimate of drug-likeness (QED) is 0.238. The van der Waals surface area contributed by atoms with Crippen molar-refractivity contribution in [2.24, 2.45) is 5.92 Å². The van der Waals surface area contributed by atoms with E-state index < -0.39 is 17.9 Å². The van der Waals surface area contributed by atoms with Crippen molar-refractivity contribution in [1.29, 1.82) is 0 Å². The molecule has 44 heavy (non-hydrogen) atoms. The lowest BCUT2D eigenvalue weighted by molar-refractivity contribution is -0.141. The van der Waals surface area contributed by atoms with E-state index in [0.717, 1.165) is 18.1 Å². The Hall–Kier alpha value is -4.39. The number of piperidine rings is 1. The van der Waals surface area contributed by atoms with E-state index in [1.54, 1.807) is 27.7 Å². The molecule has 224 valence electrons. The highest BCUT2D eigenvalue weighted by molar-refractivity contribution is 9.10. The molecule has 0 unspecified atom stereocenters. The summed E-state index contributed by atoms with van der Waals surface area (Å²) >= 11 is 3.35. The summed E-state index contributed by atoms with van der Waals surface area (Å²) in [5, 5.41) is 1.21. The van der Waals surface area contributed by atoms with Crippen LogP contribution in [0.1, 0.15) is 29.8 Å². The van der Waals surface area contributed by atoms with Crippen LogP contribution in [0, 0.1) is 12.8 Å². The van der Waals surface area contributed by atoms with Gasteiger partial charge < -0.3 is 15.2 Å². The lowest BCUT2D eigenvalue weighted by atomic mass is 10.0. The van der Waals surface area contributed by atoms with Crippen LogP contribution in [0.4, 0.5) is 19.0 Å². The molecular formula is C31H25BrF3N7O2. The average Bonchev–Trinajstić information content (AvgIpc) is 3.51. The highest BCUT2D eigenvalue weighted by atomic mass is 79.9. The molecule has 7 rings (SSSR count). The van der Waals surface area contributed by atoms with Crippen molar-refractivity contribution in [3.63, 3.8) is 0 Å². The summed E-state index contributed by atoms with van der Waals surface area (Å²) in [5.74, 6) is 0.283. The van der Waals surface area contributed by atoms with E-state index in [9.17, 15) is 22.8 Å². The van der Waals surface area contributed by atoms with Gasteiger partial charge in [0.2, 0.25) is 5.91 Å². The molecule has 3 atom stereocenters. The van der Waals surface area contributed by atoms with Crippen molar-refractivity contribution in [2.75, 3.05) is 5.73 Å². The number of amides is 1. The van der Waals surface area contributed by atoms with E-state index in [-0.39, 0.29) is 36.5 Å². The maximum absolute atomic E-state index is 14.0. The van der Waals surface area contributed by atoms with Crippen molar-refractivity contribution in [1.82, 2.24) is 29.4 Å². The fourth-order valence-electron chi connectivity index (χ4n) is 6.50. The zero-order valence-corrected chi connectivity index (χ0v) is 24.9. The van der Waals surface area contributed by atoms with E-state index in [1.165, 1.54) is 18.6 Å². The third kappa shape index (κ3) is 4.88. The number of likely N-dealkylation sites (tertiary alicyclic amines) is 1. The number of carbonyl (C=O) groups is 2. The molecule has 4 aromatic heterocycles. The van der Waals surface area contributed by atoms with Crippen LogP contribution in [0.3, 0.4) is 0 Å². The number of aromatic nitrogens is 5. The molecule has 1 aromatic carbocycles. The topological polar surface area (TPSA) is 120 Å². The molecule has 5 aromatic rings. The fourth-order valence-corrected chi connectivity index (χ4v) is 6.88. The van der Waals surface area contributed by atoms with Crippen molar-refractivity contribution in [3.8, 4) is 11.1 Å². The van der Waals surface area contributed by atoms with Crippen LogP contribution in [0.25, 0.3) is 33.1 Å². The van der Waals surface area contributed by atoms with E-state index in [0.29, 0.717) is 55.7 Å². The predicted molar refractivity (Wildman–Crippen MR) is 160 cm³/mol. The number of nitrogens with zero attached hydrogens (tertiary/aromatic N) is 6. The van der Waals surface area contributed by atoms with E-state index in [1.807, 2.05) is 19.1 Å². The van der Waals surface area contributed by atoms with Gasteiger partial charge in [-0.25, -0.2) is 15.0 Å². The Labute approximate surface area is 257 Å². The molecule has 0 bridgehead atoms. The number of halogens is 4. The number of rotatable bonds is 6. The van der Waals surface area contributed by atoms with Crippen molar-refractivity contribution < 1.29 is 22.8 Å². The van der Waals surface area contributed by atoms with E-state index >= 15 is 0 Å². The van der Waals surface area contributed by atoms with Crippen LogP contribution >= 0.6 is 15.9 Å². The van der Waals surface area contributed by atoms with Crippen LogP contribution in [-0.4, -0.2) is 53.2 Å². The number of aryl methyl sites for hydroxylation is 1. The number of ketones is 1. The summed E-state index contributed by atoms with van der Waals surface area (Å²) < 4.78 is 41.7. The first kappa shape index (κ1) is 28.4. The Bertz CT molecular complexity index is 1980. The Morgan fingerprint density at radius 1 is 1.07 bits per heavy atom. The monoisotopic (exact) mass is 663 g/mol. The minimum atomic E-state index is -4.54. The molecule has 2 fully saturated rings. The number of nitrogen functional groups attached to an aromatic ring is 1. The number of carbonyl (C=O) groups excluding carboxylic acids is 2. The van der Waals surface area contributed by atoms with Crippen LogP contribution in [0.5, 0.6) is 0 Å². The number of hydrogen-bond donors (Lipinski definition) is 1. The fraction of sp³-hybridized carbons (Fsp3) is 0.290. The highest BCUT2D eigenvalue weighted by Crippen LogP contribution is 2.48. The molecular weight excluding hydrogens is 639 g/mol. The Morgan fingerprint density at radius 3 is 2.61 bits per heavy atom. The number of pyridine rings is 2. The second-order valence-corrected chi connectivity index (χ2v) is 12.2. The Kier molecular flexibility index (Phi) is 6.68. The molecule has 5 heterocycles. The molecule has 1 aliphatic heterocycles. The average molecular weight is 664 g/mol. The first-order valence-corrected chi connectivity index (χ1v) is 14.8. The second-order valence-electron chi connectivity index (χ2n) is 11.4. The highest BCUT2D eigenvalue weighted by Gasteiger charge is 2.55. The van der Waals surface area contributed by atoms with Crippen LogP contribution in [0.2, 0.25) is 0 Å². The smallest absolute Gasteiger partial charge is 0.383 e. The van der Waals surface area contributed by atoms with Gasteiger partial charge in [0, 0.05) is 28.9 Å². The number of nitrogens with two attached hydrogens (primary N) is 1. The summed E-state index contributed by atoms with van der Waals surface area (Å²) in [6.45, 7) is 1.79. The predicted octanol–water partition coefficient (Wildman–Crippen LogP) is 5.51. The summed E-state index contributed by atoms with van der Waals surface area (Å²) in [7, 11) is 0. The third-order valence-electron chi connectivity index (χ3n) is 8.52.